The molecule has 21 heavy (non-hydrogen) atoms. The molecule has 2 rings (SSSR count). The van der Waals surface area contributed by atoms with Gasteiger partial charge in [0.1, 0.15) is 5.82 Å². The lowest BCUT2D eigenvalue weighted by atomic mass is 10.2. The fraction of sp³-hybridized carbons (Fsp3) is 0.200. The van der Waals surface area contributed by atoms with Gasteiger partial charge in [-0.25, -0.2) is 4.39 Å². The molecule has 2 aromatic rings. The highest BCUT2D eigenvalue weighted by molar-refractivity contribution is 6.33. The Morgan fingerprint density at radius 2 is 1.81 bits per heavy atom. The number of hydrogen-bond acceptors (Lipinski definition) is 3. The van der Waals surface area contributed by atoms with Crippen molar-refractivity contribution in [2.45, 2.75) is 6.54 Å². The minimum atomic E-state index is -0.354. The van der Waals surface area contributed by atoms with Crippen molar-refractivity contribution in [3.05, 3.63) is 51.8 Å². The van der Waals surface area contributed by atoms with Gasteiger partial charge in [0, 0.05) is 6.54 Å². The first-order valence-corrected chi connectivity index (χ1v) is 6.90. The summed E-state index contributed by atoms with van der Waals surface area (Å²) in [4.78, 5) is 0. The van der Waals surface area contributed by atoms with E-state index in [4.69, 9.17) is 32.7 Å². The first kappa shape index (κ1) is 15.7. The molecular weight excluding hydrogens is 316 g/mol. The largest absolute Gasteiger partial charge is 0.493 e. The molecule has 0 amide bonds. The second-order valence-corrected chi connectivity index (χ2v) is 5.11. The van der Waals surface area contributed by atoms with Crippen molar-refractivity contribution in [3.8, 4) is 11.5 Å². The van der Waals surface area contributed by atoms with E-state index in [1.54, 1.807) is 12.1 Å². The normalized spacial score (nSPS) is 10.3. The second kappa shape index (κ2) is 6.87. The quantitative estimate of drug-likeness (QED) is 0.857. The van der Waals surface area contributed by atoms with Crippen LogP contribution in [0.5, 0.6) is 11.5 Å². The summed E-state index contributed by atoms with van der Waals surface area (Å²) in [6, 6.07) is 7.69. The van der Waals surface area contributed by atoms with Gasteiger partial charge >= 0.3 is 0 Å². The average molecular weight is 330 g/mol. The molecule has 1 N–H and O–H groups in total. The molecule has 0 heterocycles. The summed E-state index contributed by atoms with van der Waals surface area (Å²) in [5, 5.41) is 3.95. The van der Waals surface area contributed by atoms with Gasteiger partial charge in [-0.05, 0) is 35.9 Å². The lowest BCUT2D eigenvalue weighted by Crippen LogP contribution is -2.02. The Labute approximate surface area is 132 Å². The number of anilines is 1. The van der Waals surface area contributed by atoms with Gasteiger partial charge < -0.3 is 14.8 Å². The standard InChI is InChI=1S/C15H14Cl2FNO2/c1-20-14-6-9(5-12(17)15(14)21-2)8-19-13-7-10(18)3-4-11(13)16/h3-7,19H,8H2,1-2H3. The molecule has 0 saturated heterocycles. The van der Waals surface area contributed by atoms with Gasteiger partial charge in [0.2, 0.25) is 0 Å². The van der Waals surface area contributed by atoms with E-state index < -0.39 is 0 Å². The molecule has 0 atom stereocenters. The monoisotopic (exact) mass is 329 g/mol. The number of benzene rings is 2. The highest BCUT2D eigenvalue weighted by Crippen LogP contribution is 2.36. The maximum absolute atomic E-state index is 13.2. The molecular formula is C15H14Cl2FNO2. The number of nitrogens with one attached hydrogen (secondary N) is 1. The third kappa shape index (κ3) is 3.71. The predicted octanol–water partition coefficient (Wildman–Crippen LogP) is 4.76. The maximum Gasteiger partial charge on any atom is 0.179 e. The van der Waals surface area contributed by atoms with Crippen LogP contribution in [0.3, 0.4) is 0 Å². The summed E-state index contributed by atoms with van der Waals surface area (Å²) in [7, 11) is 3.06. The molecule has 6 heteroatoms. The number of halogens is 3. The van der Waals surface area contributed by atoms with Gasteiger partial charge in [0.15, 0.2) is 11.5 Å². The van der Waals surface area contributed by atoms with Crippen LogP contribution in [0.1, 0.15) is 5.56 Å². The number of methoxy groups -OCH3 is 2. The molecule has 0 spiro atoms. The summed E-state index contributed by atoms with van der Waals surface area (Å²) in [5.41, 5.74) is 1.38. The van der Waals surface area contributed by atoms with E-state index in [2.05, 4.69) is 5.32 Å². The van der Waals surface area contributed by atoms with Gasteiger partial charge in [-0.3, -0.25) is 0 Å². The molecule has 3 nitrogen and oxygen atoms in total. The first-order valence-electron chi connectivity index (χ1n) is 6.14. The SMILES string of the molecule is COc1cc(CNc2cc(F)ccc2Cl)cc(Cl)c1OC. The maximum atomic E-state index is 13.2. The van der Waals surface area contributed by atoms with Crippen LogP contribution in [0.2, 0.25) is 10.0 Å². The smallest absolute Gasteiger partial charge is 0.179 e. The zero-order chi connectivity index (χ0) is 15.4. The molecule has 112 valence electrons. The van der Waals surface area contributed by atoms with Crippen molar-refractivity contribution in [2.75, 3.05) is 19.5 Å². The van der Waals surface area contributed by atoms with Crippen LogP contribution in [-0.2, 0) is 6.54 Å². The van der Waals surface area contributed by atoms with Crippen LogP contribution in [-0.4, -0.2) is 14.2 Å². The Kier molecular flexibility index (Phi) is 5.15. The fourth-order valence-electron chi connectivity index (χ4n) is 1.90. The number of hydrogen-bond donors (Lipinski definition) is 1. The Morgan fingerprint density at radius 1 is 1.05 bits per heavy atom. The third-order valence-corrected chi connectivity index (χ3v) is 3.52. The highest BCUT2D eigenvalue weighted by Gasteiger charge is 2.11. The summed E-state index contributed by atoms with van der Waals surface area (Å²) in [6.07, 6.45) is 0. The Bertz CT molecular complexity index is 650. The first-order chi connectivity index (χ1) is 10.0. The van der Waals surface area contributed by atoms with Crippen molar-refractivity contribution in [2.24, 2.45) is 0 Å². The molecule has 0 aliphatic heterocycles. The topological polar surface area (TPSA) is 30.5 Å². The minimum absolute atomic E-state index is 0.354. The van der Waals surface area contributed by atoms with Gasteiger partial charge in [-0.1, -0.05) is 23.2 Å². The van der Waals surface area contributed by atoms with Gasteiger partial charge in [-0.15, -0.1) is 0 Å². The zero-order valence-corrected chi connectivity index (χ0v) is 13.1. The van der Waals surface area contributed by atoms with Gasteiger partial charge in [-0.2, -0.15) is 0 Å². The number of ether oxygens (including phenoxy) is 2. The van der Waals surface area contributed by atoms with Crippen LogP contribution in [0.25, 0.3) is 0 Å². The molecule has 0 unspecified atom stereocenters. The average Bonchev–Trinajstić information content (AvgIpc) is 2.47. The van der Waals surface area contributed by atoms with E-state index in [0.29, 0.717) is 33.8 Å². The minimum Gasteiger partial charge on any atom is -0.493 e. The van der Waals surface area contributed by atoms with Crippen molar-refractivity contribution in [1.29, 1.82) is 0 Å². The van der Waals surface area contributed by atoms with Crippen molar-refractivity contribution < 1.29 is 13.9 Å². The van der Waals surface area contributed by atoms with Crippen LogP contribution in [0.15, 0.2) is 30.3 Å². The lowest BCUT2D eigenvalue weighted by Gasteiger charge is -2.13. The fourth-order valence-corrected chi connectivity index (χ4v) is 2.40. The van der Waals surface area contributed by atoms with E-state index in [1.807, 2.05) is 0 Å². The van der Waals surface area contributed by atoms with E-state index in [-0.39, 0.29) is 5.82 Å². The highest BCUT2D eigenvalue weighted by atomic mass is 35.5. The van der Waals surface area contributed by atoms with Crippen LogP contribution >= 0.6 is 23.2 Å². The summed E-state index contributed by atoms with van der Waals surface area (Å²) in [6.45, 7) is 0.420. The molecule has 2 aromatic carbocycles. The molecule has 0 radical (unpaired) electrons. The van der Waals surface area contributed by atoms with E-state index in [0.717, 1.165) is 5.56 Å². The van der Waals surface area contributed by atoms with E-state index >= 15 is 0 Å². The Balaban J connectivity index is 2.20. The molecule has 0 bridgehead atoms. The molecule has 0 aliphatic rings. The van der Waals surface area contributed by atoms with Crippen LogP contribution in [0.4, 0.5) is 10.1 Å². The zero-order valence-electron chi connectivity index (χ0n) is 11.5. The third-order valence-electron chi connectivity index (χ3n) is 2.90. The van der Waals surface area contributed by atoms with Crippen LogP contribution < -0.4 is 14.8 Å². The van der Waals surface area contributed by atoms with E-state index in [1.165, 1.54) is 32.4 Å². The molecule has 0 aliphatic carbocycles. The van der Waals surface area contributed by atoms with Gasteiger partial charge in [0.05, 0.1) is 30.0 Å². The van der Waals surface area contributed by atoms with Gasteiger partial charge in [0.25, 0.3) is 0 Å². The molecule has 0 aromatic heterocycles. The lowest BCUT2D eigenvalue weighted by molar-refractivity contribution is 0.355. The van der Waals surface area contributed by atoms with Crippen molar-refractivity contribution in [3.63, 3.8) is 0 Å². The summed E-state index contributed by atoms with van der Waals surface area (Å²) < 4.78 is 23.6. The molecule has 0 saturated carbocycles. The second-order valence-electron chi connectivity index (χ2n) is 4.29. The van der Waals surface area contributed by atoms with Crippen molar-refractivity contribution in [1.82, 2.24) is 0 Å². The Hall–Kier alpha value is -1.65. The Morgan fingerprint density at radius 3 is 2.48 bits per heavy atom. The summed E-state index contributed by atoms with van der Waals surface area (Å²) >= 11 is 12.1. The predicted molar refractivity (Wildman–Crippen MR) is 83.3 cm³/mol. The number of rotatable bonds is 5. The summed E-state index contributed by atoms with van der Waals surface area (Å²) in [5.74, 6) is 0.658. The van der Waals surface area contributed by atoms with Crippen molar-refractivity contribution >= 4 is 28.9 Å². The van der Waals surface area contributed by atoms with E-state index in [9.17, 15) is 4.39 Å². The van der Waals surface area contributed by atoms with Crippen LogP contribution in [0, 0.1) is 5.82 Å². The molecule has 0 fully saturated rings.